The summed E-state index contributed by atoms with van der Waals surface area (Å²) in [5.41, 5.74) is -0.108. The lowest BCUT2D eigenvalue weighted by atomic mass is 10.2. The van der Waals surface area contributed by atoms with Gasteiger partial charge in [-0.1, -0.05) is 6.42 Å². The molecule has 0 saturated carbocycles. The maximum Gasteiger partial charge on any atom is 0.269 e. The first-order valence-corrected chi connectivity index (χ1v) is 6.26. The summed E-state index contributed by atoms with van der Waals surface area (Å²) < 4.78 is 3.76. The van der Waals surface area contributed by atoms with Crippen LogP contribution in [0.4, 0.5) is 0 Å². The molecule has 3 heterocycles. The maximum atomic E-state index is 11.6. The van der Waals surface area contributed by atoms with E-state index in [2.05, 4.69) is 19.7 Å². The fourth-order valence-electron chi connectivity index (χ4n) is 2.32. The van der Waals surface area contributed by atoms with Gasteiger partial charge in [-0.15, -0.1) is 10.2 Å². The predicted molar refractivity (Wildman–Crippen MR) is 65.2 cm³/mol. The standard InChI is InChI=1S/C12H15N5O/c18-12-8-13-5-7-16(12)9-11-15-14-10-4-2-1-3-6-17(10)11/h5,7-8H,1-4,6,9H2. The van der Waals surface area contributed by atoms with Crippen molar-refractivity contribution in [1.82, 2.24) is 24.3 Å². The average molecular weight is 245 g/mol. The number of rotatable bonds is 2. The van der Waals surface area contributed by atoms with Gasteiger partial charge in [0.05, 0.1) is 12.7 Å². The van der Waals surface area contributed by atoms with Gasteiger partial charge in [0.15, 0.2) is 5.82 Å². The van der Waals surface area contributed by atoms with E-state index in [0.717, 1.165) is 31.0 Å². The summed E-state index contributed by atoms with van der Waals surface area (Å²) >= 11 is 0. The summed E-state index contributed by atoms with van der Waals surface area (Å²) in [6, 6.07) is 0. The SMILES string of the molecule is O=c1cnccn1Cc1nnc2n1CCCCC2. The third-order valence-corrected chi connectivity index (χ3v) is 3.30. The fourth-order valence-corrected chi connectivity index (χ4v) is 2.32. The maximum absolute atomic E-state index is 11.6. The van der Waals surface area contributed by atoms with Crippen molar-refractivity contribution >= 4 is 0 Å². The summed E-state index contributed by atoms with van der Waals surface area (Å²) in [5.74, 6) is 1.91. The summed E-state index contributed by atoms with van der Waals surface area (Å²) in [7, 11) is 0. The van der Waals surface area contributed by atoms with Crippen LogP contribution in [0.5, 0.6) is 0 Å². The molecule has 0 amide bonds. The minimum absolute atomic E-state index is 0.108. The van der Waals surface area contributed by atoms with Crippen molar-refractivity contribution in [2.45, 2.75) is 38.8 Å². The Bertz CT molecular complexity index is 601. The second-order valence-corrected chi connectivity index (χ2v) is 4.54. The Morgan fingerprint density at radius 1 is 1.22 bits per heavy atom. The Morgan fingerprint density at radius 3 is 3.06 bits per heavy atom. The van der Waals surface area contributed by atoms with Gasteiger partial charge in [-0.05, 0) is 12.8 Å². The summed E-state index contributed by atoms with van der Waals surface area (Å²) in [5, 5.41) is 8.43. The van der Waals surface area contributed by atoms with Gasteiger partial charge >= 0.3 is 0 Å². The van der Waals surface area contributed by atoms with E-state index in [4.69, 9.17) is 0 Å². The van der Waals surface area contributed by atoms with E-state index in [-0.39, 0.29) is 5.56 Å². The first-order chi connectivity index (χ1) is 8.84. The van der Waals surface area contributed by atoms with E-state index >= 15 is 0 Å². The van der Waals surface area contributed by atoms with Crippen LogP contribution in [0.15, 0.2) is 23.4 Å². The van der Waals surface area contributed by atoms with Crippen molar-refractivity contribution in [3.8, 4) is 0 Å². The number of aromatic nitrogens is 5. The second kappa shape index (κ2) is 4.72. The number of hydrogen-bond acceptors (Lipinski definition) is 4. The molecule has 1 aliphatic heterocycles. The van der Waals surface area contributed by atoms with E-state index in [1.165, 1.54) is 19.0 Å². The van der Waals surface area contributed by atoms with Crippen molar-refractivity contribution < 1.29 is 0 Å². The van der Waals surface area contributed by atoms with Crippen LogP contribution in [0.2, 0.25) is 0 Å². The lowest BCUT2D eigenvalue weighted by molar-refractivity contribution is 0.582. The van der Waals surface area contributed by atoms with Crippen molar-refractivity contribution in [2.24, 2.45) is 0 Å². The molecule has 6 heteroatoms. The van der Waals surface area contributed by atoms with Crippen LogP contribution in [-0.2, 0) is 19.5 Å². The molecule has 0 atom stereocenters. The Kier molecular flexibility index (Phi) is 2.92. The number of aryl methyl sites for hydroxylation is 1. The lowest BCUT2D eigenvalue weighted by Crippen LogP contribution is -2.21. The number of fused-ring (bicyclic) bond motifs is 1. The molecule has 0 N–H and O–H groups in total. The van der Waals surface area contributed by atoms with E-state index in [1.54, 1.807) is 17.0 Å². The van der Waals surface area contributed by atoms with Gasteiger partial charge in [0, 0.05) is 25.4 Å². The molecule has 2 aromatic heterocycles. The first-order valence-electron chi connectivity index (χ1n) is 6.26. The smallest absolute Gasteiger partial charge is 0.269 e. The van der Waals surface area contributed by atoms with Gasteiger partial charge in [0.2, 0.25) is 0 Å². The van der Waals surface area contributed by atoms with Crippen LogP contribution in [0.1, 0.15) is 30.9 Å². The predicted octanol–water partition coefficient (Wildman–Crippen LogP) is 0.609. The highest BCUT2D eigenvalue weighted by atomic mass is 16.1. The van der Waals surface area contributed by atoms with E-state index < -0.39 is 0 Å². The third kappa shape index (κ3) is 2.05. The Balaban J connectivity index is 1.92. The van der Waals surface area contributed by atoms with Crippen LogP contribution in [0.3, 0.4) is 0 Å². The number of nitrogens with zero attached hydrogens (tertiary/aromatic N) is 5. The van der Waals surface area contributed by atoms with Crippen molar-refractivity contribution in [3.63, 3.8) is 0 Å². The summed E-state index contributed by atoms with van der Waals surface area (Å²) in [6.45, 7) is 1.42. The van der Waals surface area contributed by atoms with E-state index in [0.29, 0.717) is 6.54 Å². The van der Waals surface area contributed by atoms with Crippen molar-refractivity contribution in [1.29, 1.82) is 0 Å². The molecular weight excluding hydrogens is 230 g/mol. The molecule has 94 valence electrons. The zero-order valence-electron chi connectivity index (χ0n) is 10.1. The van der Waals surface area contributed by atoms with Crippen LogP contribution in [0, 0.1) is 0 Å². The first kappa shape index (κ1) is 11.1. The monoisotopic (exact) mass is 245 g/mol. The molecule has 0 aromatic carbocycles. The molecule has 2 aromatic rings. The molecule has 0 unspecified atom stereocenters. The van der Waals surface area contributed by atoms with Gasteiger partial charge in [-0.3, -0.25) is 9.78 Å². The van der Waals surface area contributed by atoms with Gasteiger partial charge in [0.25, 0.3) is 5.56 Å². The number of hydrogen-bond donors (Lipinski definition) is 0. The van der Waals surface area contributed by atoms with Gasteiger partial charge in [-0.25, -0.2) is 0 Å². The summed E-state index contributed by atoms with van der Waals surface area (Å²) in [4.78, 5) is 15.4. The fraction of sp³-hybridized carbons (Fsp3) is 0.500. The van der Waals surface area contributed by atoms with Crippen LogP contribution >= 0.6 is 0 Å². The highest BCUT2D eigenvalue weighted by Gasteiger charge is 2.14. The van der Waals surface area contributed by atoms with Crippen LogP contribution in [0.25, 0.3) is 0 Å². The van der Waals surface area contributed by atoms with Crippen molar-refractivity contribution in [2.75, 3.05) is 0 Å². The Hall–Kier alpha value is -1.98. The Morgan fingerprint density at radius 2 is 2.17 bits per heavy atom. The molecule has 0 spiro atoms. The topological polar surface area (TPSA) is 65.6 Å². The molecule has 0 aliphatic carbocycles. The second-order valence-electron chi connectivity index (χ2n) is 4.54. The zero-order valence-corrected chi connectivity index (χ0v) is 10.1. The molecule has 3 rings (SSSR count). The quantitative estimate of drug-likeness (QED) is 0.777. The molecule has 6 nitrogen and oxygen atoms in total. The highest BCUT2D eigenvalue weighted by molar-refractivity contribution is 4.99. The van der Waals surface area contributed by atoms with E-state index in [9.17, 15) is 4.79 Å². The van der Waals surface area contributed by atoms with Crippen LogP contribution in [-0.4, -0.2) is 24.3 Å². The molecule has 0 bridgehead atoms. The molecule has 0 radical (unpaired) electrons. The van der Waals surface area contributed by atoms with Crippen LogP contribution < -0.4 is 5.56 Å². The molecule has 18 heavy (non-hydrogen) atoms. The molecule has 0 fully saturated rings. The molecule has 0 saturated heterocycles. The largest absolute Gasteiger partial charge is 0.313 e. The van der Waals surface area contributed by atoms with E-state index in [1.807, 2.05) is 0 Å². The molecular formula is C12H15N5O. The third-order valence-electron chi connectivity index (χ3n) is 3.30. The lowest BCUT2D eigenvalue weighted by Gasteiger charge is -2.08. The zero-order chi connectivity index (χ0) is 12.4. The minimum atomic E-state index is -0.108. The van der Waals surface area contributed by atoms with Gasteiger partial charge < -0.3 is 9.13 Å². The highest BCUT2D eigenvalue weighted by Crippen LogP contribution is 2.14. The Labute approximate surface area is 104 Å². The average Bonchev–Trinajstić information content (AvgIpc) is 2.62. The van der Waals surface area contributed by atoms with Crippen molar-refractivity contribution in [3.05, 3.63) is 40.6 Å². The molecule has 1 aliphatic rings. The van der Waals surface area contributed by atoms with Gasteiger partial charge in [0.1, 0.15) is 5.82 Å². The normalized spacial score (nSPS) is 15.1. The van der Waals surface area contributed by atoms with Gasteiger partial charge in [-0.2, -0.15) is 0 Å². The minimum Gasteiger partial charge on any atom is -0.313 e. The summed E-state index contributed by atoms with van der Waals surface area (Å²) in [6.07, 6.45) is 9.16.